The lowest BCUT2D eigenvalue weighted by molar-refractivity contribution is -0.120. The molecule has 0 radical (unpaired) electrons. The zero-order valence-corrected chi connectivity index (χ0v) is 20.1. The minimum atomic E-state index is -0.914. The molecule has 0 aromatic heterocycles. The van der Waals surface area contributed by atoms with Gasteiger partial charge in [0.05, 0.1) is 12.1 Å². The summed E-state index contributed by atoms with van der Waals surface area (Å²) >= 11 is 0. The Labute approximate surface area is 195 Å². The van der Waals surface area contributed by atoms with Gasteiger partial charge in [-0.3, -0.25) is 4.79 Å². The van der Waals surface area contributed by atoms with Crippen molar-refractivity contribution >= 4 is 5.91 Å². The summed E-state index contributed by atoms with van der Waals surface area (Å²) in [6.45, 7) is 8.31. The Morgan fingerprint density at radius 1 is 1.12 bits per heavy atom. The molecular formula is C27H36F2N2O2. The van der Waals surface area contributed by atoms with Crippen LogP contribution in [0, 0.1) is 17.0 Å². The summed E-state index contributed by atoms with van der Waals surface area (Å²) < 4.78 is 27.2. The molecule has 0 fully saturated rings. The van der Waals surface area contributed by atoms with Gasteiger partial charge in [0.15, 0.2) is 0 Å². The van der Waals surface area contributed by atoms with Crippen LogP contribution >= 0.6 is 0 Å². The van der Waals surface area contributed by atoms with Crippen molar-refractivity contribution in [3.05, 3.63) is 70.3 Å². The van der Waals surface area contributed by atoms with Crippen LogP contribution in [-0.4, -0.2) is 29.7 Å². The summed E-state index contributed by atoms with van der Waals surface area (Å²) in [4.78, 5) is 11.7. The van der Waals surface area contributed by atoms with E-state index in [4.69, 9.17) is 0 Å². The van der Waals surface area contributed by atoms with Crippen LogP contribution in [0.1, 0.15) is 68.8 Å². The topological polar surface area (TPSA) is 61.4 Å². The third-order valence-corrected chi connectivity index (χ3v) is 6.06. The number of rotatable bonds is 8. The van der Waals surface area contributed by atoms with Crippen LogP contribution in [0.25, 0.3) is 0 Å². The SMILES string of the molecule is CC(=O)NC(Cc1cc(F)cc(F)c1)[C@H](O)CN[C@H]1CCCc2ccc(CC(C)(C)C)cc21. The number of benzene rings is 2. The first-order valence-corrected chi connectivity index (χ1v) is 11.8. The van der Waals surface area contributed by atoms with E-state index in [0.29, 0.717) is 5.56 Å². The lowest BCUT2D eigenvalue weighted by Crippen LogP contribution is -2.48. The second kappa shape index (κ2) is 10.7. The molecule has 1 aliphatic rings. The third-order valence-electron chi connectivity index (χ3n) is 6.06. The maximum absolute atomic E-state index is 13.6. The van der Waals surface area contributed by atoms with Gasteiger partial charge in [-0.1, -0.05) is 39.0 Å². The van der Waals surface area contributed by atoms with Crippen molar-refractivity contribution < 1.29 is 18.7 Å². The molecule has 2 aromatic carbocycles. The first-order valence-electron chi connectivity index (χ1n) is 11.8. The Hall–Kier alpha value is -2.31. The minimum Gasteiger partial charge on any atom is -0.390 e. The fraction of sp³-hybridized carbons (Fsp3) is 0.519. The van der Waals surface area contributed by atoms with Gasteiger partial charge in [0.25, 0.3) is 0 Å². The van der Waals surface area contributed by atoms with Gasteiger partial charge in [0.2, 0.25) is 5.91 Å². The molecule has 6 heteroatoms. The largest absolute Gasteiger partial charge is 0.390 e. The molecule has 180 valence electrons. The molecule has 0 bridgehead atoms. The van der Waals surface area contributed by atoms with E-state index in [9.17, 15) is 18.7 Å². The normalized spacial score (nSPS) is 17.8. The molecule has 0 heterocycles. The summed E-state index contributed by atoms with van der Waals surface area (Å²) in [6.07, 6.45) is 3.29. The van der Waals surface area contributed by atoms with Gasteiger partial charge >= 0.3 is 0 Å². The van der Waals surface area contributed by atoms with Crippen LogP contribution in [0.5, 0.6) is 0 Å². The Morgan fingerprint density at radius 3 is 2.45 bits per heavy atom. The molecule has 1 amide bonds. The van der Waals surface area contributed by atoms with Crippen molar-refractivity contribution in [3.63, 3.8) is 0 Å². The predicted molar refractivity (Wildman–Crippen MR) is 127 cm³/mol. The molecule has 0 saturated heterocycles. The van der Waals surface area contributed by atoms with E-state index in [1.165, 1.54) is 35.7 Å². The van der Waals surface area contributed by atoms with E-state index in [2.05, 4.69) is 49.6 Å². The molecule has 4 nitrogen and oxygen atoms in total. The van der Waals surface area contributed by atoms with Crippen LogP contribution in [0.4, 0.5) is 8.78 Å². The fourth-order valence-corrected chi connectivity index (χ4v) is 4.72. The van der Waals surface area contributed by atoms with Crippen LogP contribution in [0.15, 0.2) is 36.4 Å². The molecule has 0 aliphatic heterocycles. The quantitative estimate of drug-likeness (QED) is 0.541. The maximum atomic E-state index is 13.6. The van der Waals surface area contributed by atoms with Crippen molar-refractivity contribution in [1.82, 2.24) is 10.6 Å². The van der Waals surface area contributed by atoms with Crippen LogP contribution < -0.4 is 10.6 Å². The molecule has 0 saturated carbocycles. The van der Waals surface area contributed by atoms with E-state index >= 15 is 0 Å². The first-order chi connectivity index (χ1) is 15.5. The smallest absolute Gasteiger partial charge is 0.217 e. The number of fused-ring (bicyclic) bond motifs is 1. The first kappa shape index (κ1) is 25.3. The number of amides is 1. The lowest BCUT2D eigenvalue weighted by Gasteiger charge is -2.31. The van der Waals surface area contributed by atoms with Crippen molar-refractivity contribution in [2.75, 3.05) is 6.54 Å². The second-order valence-electron chi connectivity index (χ2n) is 10.5. The fourth-order valence-electron chi connectivity index (χ4n) is 4.72. The number of halogens is 2. The minimum absolute atomic E-state index is 0.118. The van der Waals surface area contributed by atoms with E-state index in [1.54, 1.807) is 0 Å². The van der Waals surface area contributed by atoms with E-state index < -0.39 is 23.8 Å². The molecule has 33 heavy (non-hydrogen) atoms. The number of carbonyl (C=O) groups is 1. The van der Waals surface area contributed by atoms with Gasteiger partial charge in [-0.05, 0) is 71.9 Å². The summed E-state index contributed by atoms with van der Waals surface area (Å²) in [5, 5.41) is 17.1. The number of hydrogen-bond donors (Lipinski definition) is 3. The van der Waals surface area contributed by atoms with Crippen LogP contribution in [0.3, 0.4) is 0 Å². The van der Waals surface area contributed by atoms with Crippen molar-refractivity contribution in [3.8, 4) is 0 Å². The van der Waals surface area contributed by atoms with E-state index in [1.807, 2.05) is 0 Å². The lowest BCUT2D eigenvalue weighted by atomic mass is 9.82. The third kappa shape index (κ3) is 7.61. The Kier molecular flexibility index (Phi) is 8.24. The highest BCUT2D eigenvalue weighted by atomic mass is 19.1. The molecule has 2 aromatic rings. The highest BCUT2D eigenvalue weighted by Crippen LogP contribution is 2.32. The maximum Gasteiger partial charge on any atom is 0.217 e. The number of aliphatic hydroxyl groups is 1. The van der Waals surface area contributed by atoms with Gasteiger partial charge in [-0.15, -0.1) is 0 Å². The summed E-state index contributed by atoms with van der Waals surface area (Å²) in [5.74, 6) is -1.65. The van der Waals surface area contributed by atoms with Crippen LogP contribution in [-0.2, 0) is 24.1 Å². The molecule has 3 N–H and O–H groups in total. The number of carbonyl (C=O) groups excluding carboxylic acids is 1. The van der Waals surface area contributed by atoms with E-state index in [0.717, 1.165) is 31.7 Å². The molecule has 3 atom stereocenters. The highest BCUT2D eigenvalue weighted by Gasteiger charge is 2.25. The highest BCUT2D eigenvalue weighted by molar-refractivity contribution is 5.73. The number of hydrogen-bond acceptors (Lipinski definition) is 3. The van der Waals surface area contributed by atoms with E-state index in [-0.39, 0.29) is 30.3 Å². The zero-order chi connectivity index (χ0) is 24.2. The summed E-state index contributed by atoms with van der Waals surface area (Å²) in [7, 11) is 0. The second-order valence-corrected chi connectivity index (χ2v) is 10.5. The van der Waals surface area contributed by atoms with Crippen molar-refractivity contribution in [2.45, 2.75) is 78.0 Å². The van der Waals surface area contributed by atoms with Gasteiger partial charge < -0.3 is 15.7 Å². The Bertz CT molecular complexity index is 951. The molecule has 1 unspecified atom stereocenters. The molecular weight excluding hydrogens is 422 g/mol. The zero-order valence-electron chi connectivity index (χ0n) is 20.1. The average molecular weight is 459 g/mol. The summed E-state index contributed by atoms with van der Waals surface area (Å²) in [5.41, 5.74) is 4.50. The average Bonchev–Trinajstić information content (AvgIpc) is 2.69. The van der Waals surface area contributed by atoms with Gasteiger partial charge in [0, 0.05) is 25.6 Å². The van der Waals surface area contributed by atoms with Gasteiger partial charge in [0.1, 0.15) is 11.6 Å². The molecule has 0 spiro atoms. The predicted octanol–water partition coefficient (Wildman–Crippen LogP) is 4.63. The Morgan fingerprint density at radius 2 is 1.82 bits per heavy atom. The Balaban J connectivity index is 1.70. The number of aliphatic hydroxyl groups excluding tert-OH is 1. The van der Waals surface area contributed by atoms with Gasteiger partial charge in [-0.2, -0.15) is 0 Å². The van der Waals surface area contributed by atoms with Crippen molar-refractivity contribution in [2.24, 2.45) is 5.41 Å². The van der Waals surface area contributed by atoms with Crippen molar-refractivity contribution in [1.29, 1.82) is 0 Å². The van der Waals surface area contributed by atoms with Gasteiger partial charge in [-0.25, -0.2) is 8.78 Å². The number of aryl methyl sites for hydroxylation is 1. The molecule has 1 aliphatic carbocycles. The monoisotopic (exact) mass is 458 g/mol. The number of nitrogens with one attached hydrogen (secondary N) is 2. The standard InChI is InChI=1S/C27H36F2N2O2/c1-17(32)31-25(13-19-10-21(28)14-22(29)11-19)26(33)16-30-24-7-5-6-20-9-8-18(12-23(20)24)15-27(2,3)4/h8-12,14,24-26,30,33H,5-7,13,15-16H2,1-4H3,(H,31,32)/t24-,25?,26+/m0/s1. The van der Waals surface area contributed by atoms with Crippen LogP contribution in [0.2, 0.25) is 0 Å². The molecule has 3 rings (SSSR count). The summed E-state index contributed by atoms with van der Waals surface area (Å²) in [6, 6.07) is 9.44.